The van der Waals surface area contributed by atoms with Crippen LogP contribution in [0.5, 0.6) is 0 Å². The van der Waals surface area contributed by atoms with Crippen molar-refractivity contribution in [1.82, 2.24) is 9.55 Å². The summed E-state index contributed by atoms with van der Waals surface area (Å²) in [5.74, 6) is 0.992. The quantitative estimate of drug-likeness (QED) is 0.724. The molecule has 0 saturated carbocycles. The summed E-state index contributed by atoms with van der Waals surface area (Å²) in [6.45, 7) is 3.03. The van der Waals surface area contributed by atoms with Gasteiger partial charge in [0.2, 0.25) is 5.95 Å². The molecule has 3 heteroatoms. The van der Waals surface area contributed by atoms with Crippen molar-refractivity contribution in [2.45, 2.75) is 19.4 Å². The molecule has 1 aromatic heterocycles. The monoisotopic (exact) mass is 263 g/mol. The fraction of sp³-hybridized carbons (Fsp3) is 0.235. The summed E-state index contributed by atoms with van der Waals surface area (Å²) in [4.78, 5) is 4.56. The molecule has 1 atom stereocenters. The first-order valence-corrected chi connectivity index (χ1v) is 7.10. The first-order chi connectivity index (χ1) is 9.83. The molecule has 0 amide bonds. The summed E-state index contributed by atoms with van der Waals surface area (Å²) in [5.41, 5.74) is 2.46. The maximum absolute atomic E-state index is 4.56. The Kier molecular flexibility index (Phi) is 2.52. The molecule has 20 heavy (non-hydrogen) atoms. The molecule has 0 bridgehead atoms. The van der Waals surface area contributed by atoms with Gasteiger partial charge in [0, 0.05) is 12.7 Å². The summed E-state index contributed by atoms with van der Waals surface area (Å²) < 4.78 is 2.28. The zero-order chi connectivity index (χ0) is 13.5. The standard InChI is InChI=1S/C17H17N3/c1-12-11-20-16(9-10-18-17(20)19-12)15-8-4-6-13-5-2-3-7-14(13)15/h2-8,11,16H,9-10H2,1H3,(H,18,19). The lowest BCUT2D eigenvalue weighted by Crippen LogP contribution is -2.23. The SMILES string of the molecule is Cc1cn2c(n1)NCCC2c1cccc2ccccc12. The molecule has 1 N–H and O–H groups in total. The second kappa shape index (κ2) is 4.37. The van der Waals surface area contributed by atoms with Crippen LogP contribution >= 0.6 is 0 Å². The number of rotatable bonds is 1. The fourth-order valence-electron chi connectivity index (χ4n) is 3.19. The van der Waals surface area contributed by atoms with E-state index in [1.165, 1.54) is 16.3 Å². The van der Waals surface area contributed by atoms with Crippen LogP contribution in [0.2, 0.25) is 0 Å². The normalized spacial score (nSPS) is 17.8. The van der Waals surface area contributed by atoms with Crippen LogP contribution in [-0.4, -0.2) is 16.1 Å². The number of fused-ring (bicyclic) bond motifs is 2. The van der Waals surface area contributed by atoms with Gasteiger partial charge in [0.25, 0.3) is 0 Å². The Balaban J connectivity index is 1.92. The fourth-order valence-corrected chi connectivity index (χ4v) is 3.19. The van der Waals surface area contributed by atoms with Gasteiger partial charge in [0.15, 0.2) is 0 Å². The molecule has 3 nitrogen and oxygen atoms in total. The third kappa shape index (κ3) is 1.70. The number of anilines is 1. The summed E-state index contributed by atoms with van der Waals surface area (Å²) in [6, 6.07) is 15.6. The van der Waals surface area contributed by atoms with E-state index in [9.17, 15) is 0 Å². The maximum atomic E-state index is 4.56. The second-order valence-electron chi connectivity index (χ2n) is 5.41. The average Bonchev–Trinajstić information content (AvgIpc) is 2.87. The van der Waals surface area contributed by atoms with Gasteiger partial charge in [-0.1, -0.05) is 42.5 Å². The van der Waals surface area contributed by atoms with Gasteiger partial charge in [0.05, 0.1) is 11.7 Å². The smallest absolute Gasteiger partial charge is 0.203 e. The minimum absolute atomic E-state index is 0.374. The van der Waals surface area contributed by atoms with Crippen LogP contribution in [0.1, 0.15) is 23.7 Å². The molecule has 0 fully saturated rings. The number of aromatic nitrogens is 2. The van der Waals surface area contributed by atoms with Crippen LogP contribution in [0.3, 0.4) is 0 Å². The number of benzene rings is 2. The lowest BCUT2D eigenvalue weighted by Gasteiger charge is -2.27. The molecular formula is C17H17N3. The van der Waals surface area contributed by atoms with Crippen molar-refractivity contribution < 1.29 is 0 Å². The van der Waals surface area contributed by atoms with E-state index in [0.29, 0.717) is 6.04 Å². The van der Waals surface area contributed by atoms with Gasteiger partial charge in [-0.3, -0.25) is 0 Å². The highest BCUT2D eigenvalue weighted by Gasteiger charge is 2.23. The van der Waals surface area contributed by atoms with E-state index < -0.39 is 0 Å². The molecule has 1 aliphatic rings. The van der Waals surface area contributed by atoms with Crippen LogP contribution in [-0.2, 0) is 0 Å². The van der Waals surface area contributed by atoms with Crippen LogP contribution in [0.4, 0.5) is 5.95 Å². The van der Waals surface area contributed by atoms with Crippen molar-refractivity contribution in [2.75, 3.05) is 11.9 Å². The molecule has 2 aromatic carbocycles. The van der Waals surface area contributed by atoms with Crippen molar-refractivity contribution in [1.29, 1.82) is 0 Å². The average molecular weight is 263 g/mol. The van der Waals surface area contributed by atoms with Crippen LogP contribution in [0.15, 0.2) is 48.7 Å². The number of nitrogens with one attached hydrogen (secondary N) is 1. The summed E-state index contributed by atoms with van der Waals surface area (Å²) >= 11 is 0. The summed E-state index contributed by atoms with van der Waals surface area (Å²) in [6.07, 6.45) is 3.24. The molecule has 0 aliphatic carbocycles. The Morgan fingerprint density at radius 1 is 1.15 bits per heavy atom. The van der Waals surface area contributed by atoms with Gasteiger partial charge in [-0.2, -0.15) is 0 Å². The number of hydrogen-bond donors (Lipinski definition) is 1. The molecule has 0 spiro atoms. The van der Waals surface area contributed by atoms with Gasteiger partial charge in [-0.25, -0.2) is 4.98 Å². The van der Waals surface area contributed by atoms with E-state index in [4.69, 9.17) is 0 Å². The topological polar surface area (TPSA) is 29.9 Å². The molecule has 0 radical (unpaired) electrons. The van der Waals surface area contributed by atoms with Crippen LogP contribution in [0.25, 0.3) is 10.8 Å². The Morgan fingerprint density at radius 3 is 2.95 bits per heavy atom. The summed E-state index contributed by atoms with van der Waals surface area (Å²) in [5, 5.41) is 6.04. The maximum Gasteiger partial charge on any atom is 0.203 e. The van der Waals surface area contributed by atoms with Crippen molar-refractivity contribution >= 4 is 16.7 Å². The Bertz CT molecular complexity index is 768. The minimum atomic E-state index is 0.374. The minimum Gasteiger partial charge on any atom is -0.356 e. The zero-order valence-corrected chi connectivity index (χ0v) is 11.5. The molecule has 1 unspecified atom stereocenters. The first-order valence-electron chi connectivity index (χ1n) is 7.10. The van der Waals surface area contributed by atoms with Crippen LogP contribution < -0.4 is 5.32 Å². The second-order valence-corrected chi connectivity index (χ2v) is 5.41. The van der Waals surface area contributed by atoms with Gasteiger partial charge < -0.3 is 9.88 Å². The Morgan fingerprint density at radius 2 is 2.00 bits per heavy atom. The number of nitrogens with zero attached hydrogens (tertiary/aromatic N) is 2. The molecule has 2 heterocycles. The molecule has 4 rings (SSSR count). The number of aryl methyl sites for hydroxylation is 1. The molecule has 0 saturated heterocycles. The Labute approximate surface area is 118 Å². The van der Waals surface area contributed by atoms with E-state index in [1.807, 2.05) is 6.92 Å². The highest BCUT2D eigenvalue weighted by molar-refractivity contribution is 5.86. The van der Waals surface area contributed by atoms with Crippen LogP contribution in [0, 0.1) is 6.92 Å². The van der Waals surface area contributed by atoms with E-state index >= 15 is 0 Å². The molecular weight excluding hydrogens is 246 g/mol. The Hall–Kier alpha value is -2.29. The summed E-state index contributed by atoms with van der Waals surface area (Å²) in [7, 11) is 0. The molecule has 3 aromatic rings. The lowest BCUT2D eigenvalue weighted by molar-refractivity contribution is 0.533. The van der Waals surface area contributed by atoms with E-state index in [-0.39, 0.29) is 0 Å². The predicted molar refractivity (Wildman–Crippen MR) is 82.2 cm³/mol. The predicted octanol–water partition coefficient (Wildman–Crippen LogP) is 3.75. The van der Waals surface area contributed by atoms with Gasteiger partial charge in [-0.05, 0) is 29.7 Å². The van der Waals surface area contributed by atoms with Crippen molar-refractivity contribution in [2.24, 2.45) is 0 Å². The first kappa shape index (κ1) is 11.5. The van der Waals surface area contributed by atoms with Crippen molar-refractivity contribution in [3.05, 3.63) is 59.9 Å². The van der Waals surface area contributed by atoms with Crippen molar-refractivity contribution in [3.8, 4) is 0 Å². The third-order valence-corrected chi connectivity index (χ3v) is 4.07. The lowest BCUT2D eigenvalue weighted by atomic mass is 9.96. The number of hydrogen-bond acceptors (Lipinski definition) is 2. The van der Waals surface area contributed by atoms with Gasteiger partial charge in [0.1, 0.15) is 0 Å². The third-order valence-electron chi connectivity index (χ3n) is 4.07. The highest BCUT2D eigenvalue weighted by atomic mass is 15.2. The van der Waals surface area contributed by atoms with E-state index in [2.05, 4.69) is 63.5 Å². The van der Waals surface area contributed by atoms with Gasteiger partial charge >= 0.3 is 0 Å². The van der Waals surface area contributed by atoms with E-state index in [0.717, 1.165) is 24.6 Å². The molecule has 100 valence electrons. The largest absolute Gasteiger partial charge is 0.356 e. The van der Waals surface area contributed by atoms with Crippen molar-refractivity contribution in [3.63, 3.8) is 0 Å². The van der Waals surface area contributed by atoms with Gasteiger partial charge in [-0.15, -0.1) is 0 Å². The zero-order valence-electron chi connectivity index (χ0n) is 11.5. The number of imidazole rings is 1. The molecule has 1 aliphatic heterocycles. The highest BCUT2D eigenvalue weighted by Crippen LogP contribution is 2.33. The van der Waals surface area contributed by atoms with E-state index in [1.54, 1.807) is 0 Å².